The Morgan fingerprint density at radius 2 is 1.94 bits per heavy atom. The van der Waals surface area contributed by atoms with Gasteiger partial charge in [0.15, 0.2) is 4.34 Å². The number of nitrogens with zero attached hydrogens (tertiary/aromatic N) is 1. The maximum Gasteiger partial charge on any atom is 0.257 e. The summed E-state index contributed by atoms with van der Waals surface area (Å²) >= 11 is 15.2. The third-order valence-corrected chi connectivity index (χ3v) is 6.93. The molecule has 0 atom stereocenters. The van der Waals surface area contributed by atoms with Crippen LogP contribution in [0.25, 0.3) is 10.2 Å². The van der Waals surface area contributed by atoms with Crippen LogP contribution in [0.5, 0.6) is 5.75 Å². The topological polar surface area (TPSA) is 77.2 Å². The number of nitrogens with two attached hydrogens (primary N) is 1. The number of rotatable bonds is 6. The Balaban J connectivity index is 1.46. The SMILES string of the molecule is CCOc1ccc2nc(Sc3ccc(NC(=O)c4cc(Cl)cc(Cl)c4N)cc3)sc2c1. The summed E-state index contributed by atoms with van der Waals surface area (Å²) in [5.41, 5.74) is 7.91. The van der Waals surface area contributed by atoms with Crippen molar-refractivity contribution in [2.75, 3.05) is 17.7 Å². The highest BCUT2D eigenvalue weighted by molar-refractivity contribution is 8.01. The predicted molar refractivity (Wildman–Crippen MR) is 130 cm³/mol. The summed E-state index contributed by atoms with van der Waals surface area (Å²) in [5.74, 6) is 0.468. The molecule has 158 valence electrons. The summed E-state index contributed by atoms with van der Waals surface area (Å²) in [4.78, 5) is 18.2. The van der Waals surface area contributed by atoms with Gasteiger partial charge in [-0.2, -0.15) is 0 Å². The van der Waals surface area contributed by atoms with Gasteiger partial charge in [-0.3, -0.25) is 4.79 Å². The van der Waals surface area contributed by atoms with Crippen molar-refractivity contribution in [1.29, 1.82) is 0 Å². The van der Waals surface area contributed by atoms with E-state index >= 15 is 0 Å². The van der Waals surface area contributed by atoms with Gasteiger partial charge in [-0.1, -0.05) is 35.0 Å². The average Bonchev–Trinajstić information content (AvgIpc) is 3.14. The molecule has 0 saturated heterocycles. The molecule has 0 aliphatic carbocycles. The number of carbonyl (C=O) groups is 1. The number of amides is 1. The molecule has 4 rings (SSSR count). The van der Waals surface area contributed by atoms with Crippen LogP contribution in [0.1, 0.15) is 17.3 Å². The smallest absolute Gasteiger partial charge is 0.257 e. The summed E-state index contributed by atoms with van der Waals surface area (Å²) in [6.45, 7) is 2.59. The molecule has 31 heavy (non-hydrogen) atoms. The van der Waals surface area contributed by atoms with Crippen molar-refractivity contribution in [1.82, 2.24) is 4.98 Å². The molecule has 3 N–H and O–H groups in total. The standard InChI is InChI=1S/C22H17Cl2N3O2S2/c1-2-29-14-5-8-18-19(11-14)31-22(27-18)30-15-6-3-13(4-7-15)26-21(28)16-9-12(23)10-17(24)20(16)25/h3-11H,2,25H2,1H3,(H,26,28). The lowest BCUT2D eigenvalue weighted by Gasteiger charge is -2.10. The molecule has 1 heterocycles. The number of anilines is 2. The van der Waals surface area contributed by atoms with E-state index in [0.29, 0.717) is 17.3 Å². The molecule has 1 amide bonds. The van der Waals surface area contributed by atoms with Crippen molar-refractivity contribution >= 4 is 73.8 Å². The van der Waals surface area contributed by atoms with E-state index in [2.05, 4.69) is 10.3 Å². The van der Waals surface area contributed by atoms with E-state index in [9.17, 15) is 4.79 Å². The Bertz CT molecular complexity index is 1260. The highest BCUT2D eigenvalue weighted by Crippen LogP contribution is 2.36. The van der Waals surface area contributed by atoms with Crippen LogP contribution in [0.3, 0.4) is 0 Å². The minimum absolute atomic E-state index is 0.194. The third kappa shape index (κ3) is 5.07. The zero-order valence-electron chi connectivity index (χ0n) is 16.3. The highest BCUT2D eigenvalue weighted by Gasteiger charge is 2.14. The van der Waals surface area contributed by atoms with Gasteiger partial charge in [0.25, 0.3) is 5.91 Å². The van der Waals surface area contributed by atoms with Crippen molar-refractivity contribution in [2.24, 2.45) is 0 Å². The van der Waals surface area contributed by atoms with Gasteiger partial charge in [-0.05, 0) is 61.5 Å². The molecule has 4 aromatic rings. The van der Waals surface area contributed by atoms with Crippen LogP contribution in [0.15, 0.2) is 63.8 Å². The molecule has 3 aromatic carbocycles. The normalized spacial score (nSPS) is 10.9. The number of fused-ring (bicyclic) bond motifs is 1. The minimum atomic E-state index is -0.376. The first kappa shape index (κ1) is 21.8. The van der Waals surface area contributed by atoms with E-state index in [1.807, 2.05) is 49.4 Å². The number of carbonyl (C=O) groups excluding carboxylic acids is 1. The number of ether oxygens (including phenoxy) is 1. The van der Waals surface area contributed by atoms with Crippen LogP contribution in [0.2, 0.25) is 10.0 Å². The molecule has 0 aliphatic heterocycles. The Morgan fingerprint density at radius 3 is 2.68 bits per heavy atom. The van der Waals surface area contributed by atoms with Gasteiger partial charge in [0, 0.05) is 15.6 Å². The van der Waals surface area contributed by atoms with Gasteiger partial charge in [-0.25, -0.2) is 4.98 Å². The maximum atomic E-state index is 12.6. The number of nitrogens with one attached hydrogen (secondary N) is 1. The zero-order chi connectivity index (χ0) is 22.0. The number of benzene rings is 3. The quantitative estimate of drug-likeness (QED) is 0.285. The molecule has 0 spiro atoms. The fourth-order valence-electron chi connectivity index (χ4n) is 2.86. The number of thiazole rings is 1. The lowest BCUT2D eigenvalue weighted by Crippen LogP contribution is -2.14. The van der Waals surface area contributed by atoms with Gasteiger partial charge < -0.3 is 15.8 Å². The lowest BCUT2D eigenvalue weighted by molar-refractivity contribution is 0.102. The molecule has 0 aliphatic rings. The van der Waals surface area contributed by atoms with E-state index in [1.165, 1.54) is 12.1 Å². The Morgan fingerprint density at radius 1 is 1.16 bits per heavy atom. The van der Waals surface area contributed by atoms with E-state index in [4.69, 9.17) is 33.7 Å². The third-order valence-electron chi connectivity index (χ3n) is 4.31. The molecule has 0 bridgehead atoms. The molecular weight excluding hydrogens is 473 g/mol. The molecule has 0 unspecified atom stereocenters. The zero-order valence-corrected chi connectivity index (χ0v) is 19.5. The molecule has 0 radical (unpaired) electrons. The van der Waals surface area contributed by atoms with Gasteiger partial charge in [0.2, 0.25) is 0 Å². The summed E-state index contributed by atoms with van der Waals surface area (Å²) in [5, 5.41) is 3.40. The molecule has 0 fully saturated rings. The number of hydrogen-bond donors (Lipinski definition) is 2. The predicted octanol–water partition coefficient (Wildman–Crippen LogP) is 6.99. The van der Waals surface area contributed by atoms with Gasteiger partial charge in [0.1, 0.15) is 5.75 Å². The Labute approximate surface area is 197 Å². The maximum absolute atomic E-state index is 12.6. The molecule has 9 heteroatoms. The van der Waals surface area contributed by atoms with E-state index in [-0.39, 0.29) is 22.2 Å². The fourth-order valence-corrected chi connectivity index (χ4v) is 5.42. The lowest BCUT2D eigenvalue weighted by atomic mass is 10.1. The van der Waals surface area contributed by atoms with Crippen LogP contribution >= 0.6 is 46.3 Å². The van der Waals surface area contributed by atoms with Gasteiger partial charge >= 0.3 is 0 Å². The first-order chi connectivity index (χ1) is 14.9. The first-order valence-electron chi connectivity index (χ1n) is 9.30. The van der Waals surface area contributed by atoms with Crippen LogP contribution in [0, 0.1) is 0 Å². The van der Waals surface area contributed by atoms with E-state index in [1.54, 1.807) is 23.1 Å². The van der Waals surface area contributed by atoms with Crippen molar-refractivity contribution in [3.05, 3.63) is 70.2 Å². The summed E-state index contributed by atoms with van der Waals surface area (Å²) in [7, 11) is 0. The second-order valence-corrected chi connectivity index (χ2v) is 9.67. The highest BCUT2D eigenvalue weighted by atomic mass is 35.5. The monoisotopic (exact) mass is 489 g/mol. The van der Waals surface area contributed by atoms with Gasteiger partial charge in [-0.15, -0.1) is 11.3 Å². The van der Waals surface area contributed by atoms with Crippen LogP contribution in [-0.2, 0) is 0 Å². The van der Waals surface area contributed by atoms with E-state index in [0.717, 1.165) is 25.2 Å². The number of halogens is 2. The van der Waals surface area contributed by atoms with Crippen molar-refractivity contribution < 1.29 is 9.53 Å². The average molecular weight is 490 g/mol. The van der Waals surface area contributed by atoms with Crippen molar-refractivity contribution in [3.8, 4) is 5.75 Å². The van der Waals surface area contributed by atoms with Crippen LogP contribution < -0.4 is 15.8 Å². The Hall–Kier alpha value is -2.45. The Kier molecular flexibility index (Phi) is 6.57. The minimum Gasteiger partial charge on any atom is -0.494 e. The number of nitrogen functional groups attached to an aromatic ring is 1. The van der Waals surface area contributed by atoms with Gasteiger partial charge in [0.05, 0.1) is 33.1 Å². The molecule has 1 aromatic heterocycles. The van der Waals surface area contributed by atoms with E-state index < -0.39 is 0 Å². The summed E-state index contributed by atoms with van der Waals surface area (Å²) in [6.07, 6.45) is 0. The summed E-state index contributed by atoms with van der Waals surface area (Å²) in [6, 6.07) is 16.4. The molecular formula is C22H17Cl2N3O2S2. The molecule has 0 saturated carbocycles. The largest absolute Gasteiger partial charge is 0.494 e. The van der Waals surface area contributed by atoms with Crippen molar-refractivity contribution in [2.45, 2.75) is 16.2 Å². The second-order valence-electron chi connectivity index (χ2n) is 6.47. The number of aromatic nitrogens is 1. The van der Waals surface area contributed by atoms with Crippen LogP contribution in [0.4, 0.5) is 11.4 Å². The first-order valence-corrected chi connectivity index (χ1v) is 11.7. The molecule has 5 nitrogen and oxygen atoms in total. The number of hydrogen-bond acceptors (Lipinski definition) is 6. The fraction of sp³-hybridized carbons (Fsp3) is 0.0909. The van der Waals surface area contributed by atoms with Crippen LogP contribution in [-0.4, -0.2) is 17.5 Å². The second kappa shape index (κ2) is 9.36. The summed E-state index contributed by atoms with van der Waals surface area (Å²) < 4.78 is 7.56. The van der Waals surface area contributed by atoms with Crippen molar-refractivity contribution in [3.63, 3.8) is 0 Å².